The van der Waals surface area contributed by atoms with Crippen LogP contribution in [0.5, 0.6) is 11.5 Å². The predicted molar refractivity (Wildman–Crippen MR) is 271 cm³/mol. The molecule has 0 radical (unpaired) electrons. The van der Waals surface area contributed by atoms with Crippen molar-refractivity contribution in [2.24, 2.45) is 24.6 Å². The quantitative estimate of drug-likeness (QED) is 0.0903. The van der Waals surface area contributed by atoms with Crippen LogP contribution in [0.25, 0.3) is 22.0 Å². The summed E-state index contributed by atoms with van der Waals surface area (Å²) >= 11 is 0. The first-order valence-electron chi connectivity index (χ1n) is 25.8. The molecule has 5 aliphatic rings. The molecule has 4 heterocycles. The molecule has 4 fully saturated rings. The number of nitrogens with zero attached hydrogens (tertiary/aromatic N) is 4. The number of rotatable bonds is 13. The average Bonchev–Trinajstić information content (AvgIpc) is 3.86. The zero-order valence-electron chi connectivity index (χ0n) is 41.7. The van der Waals surface area contributed by atoms with E-state index in [9.17, 15) is 19.2 Å². The minimum atomic E-state index is -1.01. The number of piperidine rings is 1. The number of carbonyl (C=O) groups is 4. The van der Waals surface area contributed by atoms with Crippen LogP contribution in [0.4, 0.5) is 19.4 Å². The highest BCUT2D eigenvalue weighted by Gasteiger charge is 2.50. The third-order valence-electron chi connectivity index (χ3n) is 16.7. The SMILES string of the molecule is COc1ccc(C(N)=O)c(-c2c(C)c(F)cc3c2C(C)C(CNC2CCC(C(=O)NC4CCC(CN5CCC(c6ccc7c(N8CCC(=O)NC8=O)nn(C)c7c6)CC5)CC4)CC2)(c2ccccc2)O3)c1F. The number of methoxy groups -OCH3 is 1. The second-order valence-electron chi connectivity index (χ2n) is 20.9. The number of imide groups is 1. The van der Waals surface area contributed by atoms with E-state index in [-0.39, 0.29) is 70.0 Å². The van der Waals surface area contributed by atoms with E-state index in [0.29, 0.717) is 36.3 Å². The molecule has 2 saturated heterocycles. The maximum atomic E-state index is 16.3. The van der Waals surface area contributed by atoms with Gasteiger partial charge in [-0.15, -0.1) is 0 Å². The van der Waals surface area contributed by atoms with E-state index < -0.39 is 35.1 Å². The predicted octanol–water partition coefficient (Wildman–Crippen LogP) is 8.48. The number of aromatic nitrogens is 2. The molecule has 2 atom stereocenters. The van der Waals surface area contributed by atoms with Crippen molar-refractivity contribution in [1.29, 1.82) is 0 Å². The largest absolute Gasteiger partial charge is 0.494 e. The fourth-order valence-electron chi connectivity index (χ4n) is 12.5. The number of amides is 5. The molecule has 14 nitrogen and oxygen atoms in total. The Balaban J connectivity index is 0.708. The first kappa shape index (κ1) is 49.2. The summed E-state index contributed by atoms with van der Waals surface area (Å²) in [6.07, 6.45) is 9.77. The third kappa shape index (κ3) is 9.32. The van der Waals surface area contributed by atoms with E-state index >= 15 is 8.78 Å². The van der Waals surface area contributed by atoms with E-state index in [1.807, 2.05) is 49.0 Å². The van der Waals surface area contributed by atoms with E-state index in [1.165, 1.54) is 30.9 Å². The minimum absolute atomic E-state index is 0.0504. The molecule has 5 amide bonds. The van der Waals surface area contributed by atoms with E-state index in [2.05, 4.69) is 44.1 Å². The number of urea groups is 1. The molecule has 2 aliphatic carbocycles. The standard InChI is InChI=1S/C56H66F2N8O6/c1-32-43(57)29-46-49(48(32)50-42(52(59)68)20-21-45(71-4)51(50)58)33(2)56(72-46,38-8-6-5-7-9-38)31-60-39-17-12-36(13-18-39)54(69)61-40-15-10-34(11-16-40)30-65-25-22-35(23-26-65)37-14-19-41-44(28-37)64(3)63-53(41)66-27-24-47(67)62-55(66)70/h5-9,14,19-21,28-29,33-36,39-40,60H,10-13,15-18,22-27,30-31H2,1-4H3,(H2,59,68)(H,61,69)(H,62,67,70). The van der Waals surface area contributed by atoms with Crippen molar-refractivity contribution >= 4 is 40.5 Å². The number of halogens is 2. The molecule has 16 heteroatoms. The highest BCUT2D eigenvalue weighted by atomic mass is 19.1. The van der Waals surface area contributed by atoms with Crippen LogP contribution in [0.2, 0.25) is 0 Å². The van der Waals surface area contributed by atoms with Gasteiger partial charge >= 0.3 is 6.03 Å². The molecular weight excluding hydrogens is 919 g/mol. The summed E-state index contributed by atoms with van der Waals surface area (Å²) in [6.45, 7) is 7.45. The molecule has 5 N–H and O–H groups in total. The molecule has 72 heavy (non-hydrogen) atoms. The number of carbonyl (C=O) groups excluding carboxylic acids is 4. The van der Waals surface area contributed by atoms with Gasteiger partial charge in [-0.25, -0.2) is 13.6 Å². The Morgan fingerprint density at radius 3 is 2.32 bits per heavy atom. The molecular formula is C56H66F2N8O6. The summed E-state index contributed by atoms with van der Waals surface area (Å²) in [6, 6.07) is 20.2. The number of ether oxygens (including phenoxy) is 2. The van der Waals surface area contributed by atoms with Gasteiger partial charge in [0, 0.05) is 79.6 Å². The van der Waals surface area contributed by atoms with Gasteiger partial charge < -0.3 is 30.7 Å². The maximum absolute atomic E-state index is 16.3. The smallest absolute Gasteiger partial charge is 0.329 e. The molecule has 5 aromatic rings. The zero-order chi connectivity index (χ0) is 50.4. The summed E-state index contributed by atoms with van der Waals surface area (Å²) in [7, 11) is 3.24. The van der Waals surface area contributed by atoms with Crippen LogP contribution in [0.15, 0.2) is 66.7 Å². The summed E-state index contributed by atoms with van der Waals surface area (Å²) in [5.74, 6) is -0.966. The number of likely N-dealkylation sites (tertiary alicyclic amines) is 1. The van der Waals surface area contributed by atoms with Crippen LogP contribution in [-0.2, 0) is 22.2 Å². The van der Waals surface area contributed by atoms with E-state index in [0.717, 1.165) is 100 Å². The van der Waals surface area contributed by atoms with Crippen molar-refractivity contribution in [3.8, 4) is 22.6 Å². The fraction of sp³-hybridized carbons (Fsp3) is 0.482. The van der Waals surface area contributed by atoms with Gasteiger partial charge in [-0.2, -0.15) is 5.10 Å². The van der Waals surface area contributed by atoms with Crippen molar-refractivity contribution in [3.63, 3.8) is 0 Å². The number of nitrogens with one attached hydrogen (secondary N) is 3. The van der Waals surface area contributed by atoms with Gasteiger partial charge in [0.25, 0.3) is 0 Å². The number of benzene rings is 4. The van der Waals surface area contributed by atoms with Gasteiger partial charge in [-0.1, -0.05) is 43.3 Å². The highest BCUT2D eigenvalue weighted by molar-refractivity contribution is 6.09. The van der Waals surface area contributed by atoms with Gasteiger partial charge in [-0.3, -0.25) is 29.3 Å². The van der Waals surface area contributed by atoms with Crippen molar-refractivity contribution in [3.05, 3.63) is 106 Å². The van der Waals surface area contributed by atoms with Crippen LogP contribution in [0.1, 0.15) is 122 Å². The Morgan fingerprint density at radius 1 is 0.903 bits per heavy atom. The van der Waals surface area contributed by atoms with Crippen LogP contribution in [-0.4, -0.2) is 90.4 Å². The summed E-state index contributed by atoms with van der Waals surface area (Å²) in [4.78, 5) is 54.9. The molecule has 380 valence electrons. The Bertz CT molecular complexity index is 2890. The van der Waals surface area contributed by atoms with Crippen LogP contribution >= 0.6 is 0 Å². The lowest BCUT2D eigenvalue weighted by atomic mass is 9.76. The molecule has 2 saturated carbocycles. The third-order valence-corrected chi connectivity index (χ3v) is 16.7. The number of primary amides is 1. The summed E-state index contributed by atoms with van der Waals surface area (Å²) < 4.78 is 46.2. The Labute approximate surface area is 419 Å². The van der Waals surface area contributed by atoms with Gasteiger partial charge in [0.2, 0.25) is 17.7 Å². The van der Waals surface area contributed by atoms with Gasteiger partial charge in [-0.05, 0) is 143 Å². The van der Waals surface area contributed by atoms with Crippen molar-refractivity contribution in [2.45, 2.75) is 114 Å². The van der Waals surface area contributed by atoms with Crippen molar-refractivity contribution in [2.75, 3.05) is 44.7 Å². The number of hydrogen-bond donors (Lipinski definition) is 4. The monoisotopic (exact) mass is 985 g/mol. The lowest BCUT2D eigenvalue weighted by molar-refractivity contribution is -0.127. The first-order valence-corrected chi connectivity index (χ1v) is 25.8. The topological polar surface area (TPSA) is 173 Å². The number of anilines is 1. The molecule has 10 rings (SSSR count). The zero-order valence-corrected chi connectivity index (χ0v) is 41.7. The molecule has 2 unspecified atom stereocenters. The number of aryl methyl sites for hydroxylation is 1. The molecule has 4 aromatic carbocycles. The molecule has 0 bridgehead atoms. The molecule has 1 aromatic heterocycles. The molecule has 0 spiro atoms. The Hall–Kier alpha value is -6.39. The number of nitrogens with two attached hydrogens (primary N) is 1. The van der Waals surface area contributed by atoms with Gasteiger partial charge in [0.1, 0.15) is 11.6 Å². The minimum Gasteiger partial charge on any atom is -0.494 e. The van der Waals surface area contributed by atoms with Crippen LogP contribution < -0.4 is 36.1 Å². The summed E-state index contributed by atoms with van der Waals surface area (Å²) in [5, 5.41) is 15.2. The second-order valence-corrected chi connectivity index (χ2v) is 20.9. The highest BCUT2D eigenvalue weighted by Crippen LogP contribution is 2.56. The number of fused-ring (bicyclic) bond motifs is 2. The van der Waals surface area contributed by atoms with E-state index in [4.69, 9.17) is 15.2 Å². The van der Waals surface area contributed by atoms with Crippen molar-refractivity contribution in [1.82, 2.24) is 30.6 Å². The Kier molecular flexibility index (Phi) is 13.8. The molecule has 3 aliphatic heterocycles. The Morgan fingerprint density at radius 2 is 1.62 bits per heavy atom. The van der Waals surface area contributed by atoms with Gasteiger partial charge in [0.05, 0.1) is 18.2 Å². The number of hydrogen-bond acceptors (Lipinski definition) is 9. The van der Waals surface area contributed by atoms with Crippen LogP contribution in [0.3, 0.4) is 0 Å². The first-order chi connectivity index (χ1) is 34.7. The second kappa shape index (κ2) is 20.3. The fourth-order valence-corrected chi connectivity index (χ4v) is 12.5. The normalized spacial score (nSPS) is 25.0. The lowest BCUT2D eigenvalue weighted by Gasteiger charge is -2.38. The van der Waals surface area contributed by atoms with Gasteiger partial charge in [0.15, 0.2) is 23.0 Å². The maximum Gasteiger partial charge on any atom is 0.329 e. The van der Waals surface area contributed by atoms with Crippen LogP contribution in [0, 0.1) is 30.4 Å². The van der Waals surface area contributed by atoms with E-state index in [1.54, 1.807) is 11.8 Å². The average molecular weight is 985 g/mol. The lowest BCUT2D eigenvalue weighted by Crippen LogP contribution is -2.49. The van der Waals surface area contributed by atoms with Crippen molar-refractivity contribution < 1.29 is 37.4 Å². The summed E-state index contributed by atoms with van der Waals surface area (Å²) in [5.41, 5.74) is 8.74.